The molecule has 0 amide bonds. The Morgan fingerprint density at radius 1 is 1.11 bits per heavy atom. The number of halogens is 1. The molecule has 0 aliphatic heterocycles. The number of nitrogens with one attached hydrogen (secondary N) is 1. The maximum absolute atomic E-state index is 3.57. The number of aryl methyl sites for hydroxylation is 2. The molecule has 18 heavy (non-hydrogen) atoms. The fraction of sp³-hybridized carbons (Fsp3) is 0.333. The molecule has 96 valence electrons. The van der Waals surface area contributed by atoms with E-state index in [1.165, 1.54) is 26.0 Å². The van der Waals surface area contributed by atoms with Crippen LogP contribution in [0.3, 0.4) is 0 Å². The predicted molar refractivity (Wildman–Crippen MR) is 83.5 cm³/mol. The Bertz CT molecular complexity index is 513. The third-order valence-corrected chi connectivity index (χ3v) is 4.43. The lowest BCUT2D eigenvalue weighted by Gasteiger charge is -2.18. The van der Waals surface area contributed by atoms with Gasteiger partial charge in [0.05, 0.1) is 9.83 Å². The van der Waals surface area contributed by atoms with Gasteiger partial charge in [-0.15, -0.1) is 11.3 Å². The lowest BCUT2D eigenvalue weighted by Crippen LogP contribution is -2.21. The maximum Gasteiger partial charge on any atom is 0.0701 e. The second-order valence-corrected chi connectivity index (χ2v) is 6.89. The molecule has 1 heterocycles. The van der Waals surface area contributed by atoms with Gasteiger partial charge in [0.2, 0.25) is 0 Å². The Morgan fingerprint density at radius 2 is 1.78 bits per heavy atom. The smallest absolute Gasteiger partial charge is 0.0701 e. The van der Waals surface area contributed by atoms with E-state index in [2.05, 4.69) is 71.7 Å². The molecule has 2 rings (SSSR count). The SMILES string of the molecule is CCNC(c1cc(C)cc(C)c1)c1csc(Br)c1. The van der Waals surface area contributed by atoms with Crippen LogP contribution >= 0.6 is 27.3 Å². The molecule has 1 nitrogen and oxygen atoms in total. The van der Waals surface area contributed by atoms with Crippen LogP contribution in [0.5, 0.6) is 0 Å². The quantitative estimate of drug-likeness (QED) is 0.850. The highest BCUT2D eigenvalue weighted by Gasteiger charge is 2.15. The molecule has 0 radical (unpaired) electrons. The van der Waals surface area contributed by atoms with Gasteiger partial charge in [-0.25, -0.2) is 0 Å². The van der Waals surface area contributed by atoms with Gasteiger partial charge in [-0.1, -0.05) is 36.2 Å². The van der Waals surface area contributed by atoms with Crippen LogP contribution in [0, 0.1) is 13.8 Å². The molecule has 3 heteroatoms. The van der Waals surface area contributed by atoms with Crippen LogP contribution in [0.15, 0.2) is 33.4 Å². The summed E-state index contributed by atoms with van der Waals surface area (Å²) in [6, 6.07) is 9.25. The second-order valence-electron chi connectivity index (χ2n) is 4.60. The molecule has 0 aliphatic rings. The number of thiophene rings is 1. The van der Waals surface area contributed by atoms with Gasteiger partial charge in [0.1, 0.15) is 0 Å². The van der Waals surface area contributed by atoms with Crippen LogP contribution in [-0.4, -0.2) is 6.54 Å². The second kappa shape index (κ2) is 6.00. The molecular weight excluding hydrogens is 306 g/mol. The first-order valence-corrected chi connectivity index (χ1v) is 7.83. The van der Waals surface area contributed by atoms with Gasteiger partial charge in [-0.2, -0.15) is 0 Å². The van der Waals surface area contributed by atoms with Crippen molar-refractivity contribution in [2.75, 3.05) is 6.54 Å². The standard InChI is InChI=1S/C15H18BrNS/c1-4-17-15(13-8-14(16)18-9-13)12-6-10(2)5-11(3)7-12/h5-9,15,17H,4H2,1-3H3. The summed E-state index contributed by atoms with van der Waals surface area (Å²) in [7, 11) is 0. The molecule has 0 bridgehead atoms. The first kappa shape index (κ1) is 13.8. The monoisotopic (exact) mass is 323 g/mol. The predicted octanol–water partition coefficient (Wildman–Crippen LogP) is 4.83. The van der Waals surface area contributed by atoms with Crippen molar-refractivity contribution in [3.8, 4) is 0 Å². The summed E-state index contributed by atoms with van der Waals surface area (Å²) in [6.07, 6.45) is 0. The Hall–Kier alpha value is -0.640. The van der Waals surface area contributed by atoms with E-state index >= 15 is 0 Å². The summed E-state index contributed by atoms with van der Waals surface area (Å²) in [5.74, 6) is 0. The third-order valence-electron chi connectivity index (χ3n) is 2.91. The molecule has 0 saturated heterocycles. The fourth-order valence-electron chi connectivity index (χ4n) is 2.28. The van der Waals surface area contributed by atoms with Gasteiger partial charge in [0.25, 0.3) is 0 Å². The van der Waals surface area contributed by atoms with Crippen LogP contribution in [-0.2, 0) is 0 Å². The van der Waals surface area contributed by atoms with Crippen LogP contribution < -0.4 is 5.32 Å². The number of hydrogen-bond donors (Lipinski definition) is 1. The van der Waals surface area contributed by atoms with Gasteiger partial charge in [0, 0.05) is 0 Å². The van der Waals surface area contributed by atoms with E-state index in [1.54, 1.807) is 11.3 Å². The van der Waals surface area contributed by atoms with Crippen LogP contribution in [0.2, 0.25) is 0 Å². The average molecular weight is 324 g/mol. The van der Waals surface area contributed by atoms with Gasteiger partial charge in [-0.05, 0) is 58.9 Å². The topological polar surface area (TPSA) is 12.0 Å². The molecule has 1 atom stereocenters. The van der Waals surface area contributed by atoms with Crippen LogP contribution in [0.1, 0.15) is 35.2 Å². The highest BCUT2D eigenvalue weighted by Crippen LogP contribution is 2.30. The summed E-state index contributed by atoms with van der Waals surface area (Å²) in [5.41, 5.74) is 5.32. The summed E-state index contributed by atoms with van der Waals surface area (Å²) < 4.78 is 1.18. The number of rotatable bonds is 4. The van der Waals surface area contributed by atoms with Crippen LogP contribution in [0.4, 0.5) is 0 Å². The van der Waals surface area contributed by atoms with Crippen molar-refractivity contribution in [3.63, 3.8) is 0 Å². The summed E-state index contributed by atoms with van der Waals surface area (Å²) in [6.45, 7) is 7.42. The van der Waals surface area contributed by atoms with Crippen molar-refractivity contribution in [2.45, 2.75) is 26.8 Å². The van der Waals surface area contributed by atoms with Crippen LogP contribution in [0.25, 0.3) is 0 Å². The number of benzene rings is 1. The molecule has 0 saturated carbocycles. The summed E-state index contributed by atoms with van der Waals surface area (Å²) in [4.78, 5) is 0. The van der Waals surface area contributed by atoms with Gasteiger partial charge in [-0.3, -0.25) is 0 Å². The fourth-order valence-corrected chi connectivity index (χ4v) is 3.49. The normalized spacial score (nSPS) is 12.7. The Morgan fingerprint density at radius 3 is 2.28 bits per heavy atom. The van der Waals surface area contributed by atoms with E-state index in [9.17, 15) is 0 Å². The first-order chi connectivity index (χ1) is 8.60. The zero-order valence-corrected chi connectivity index (χ0v) is 13.4. The van der Waals surface area contributed by atoms with Crippen molar-refractivity contribution in [2.24, 2.45) is 0 Å². The molecule has 0 spiro atoms. The van der Waals surface area contributed by atoms with E-state index in [4.69, 9.17) is 0 Å². The van der Waals surface area contributed by atoms with Gasteiger partial charge < -0.3 is 5.32 Å². The molecule has 1 aromatic carbocycles. The zero-order chi connectivity index (χ0) is 13.1. The summed E-state index contributed by atoms with van der Waals surface area (Å²) in [5, 5.41) is 5.79. The highest BCUT2D eigenvalue weighted by atomic mass is 79.9. The van der Waals surface area contributed by atoms with Crippen molar-refractivity contribution in [1.82, 2.24) is 5.32 Å². The average Bonchev–Trinajstić information content (AvgIpc) is 2.71. The third kappa shape index (κ3) is 3.22. The Balaban J connectivity index is 2.40. The minimum atomic E-state index is 0.288. The van der Waals surface area contributed by atoms with E-state index in [1.807, 2.05) is 0 Å². The lowest BCUT2D eigenvalue weighted by molar-refractivity contribution is 0.631. The molecule has 1 N–H and O–H groups in total. The van der Waals surface area contributed by atoms with Gasteiger partial charge >= 0.3 is 0 Å². The van der Waals surface area contributed by atoms with E-state index in [0.29, 0.717) is 0 Å². The molecule has 2 aromatic rings. The summed E-state index contributed by atoms with van der Waals surface area (Å²) >= 11 is 5.28. The highest BCUT2D eigenvalue weighted by molar-refractivity contribution is 9.11. The van der Waals surface area contributed by atoms with E-state index < -0.39 is 0 Å². The molecular formula is C15H18BrNS. The molecule has 0 aliphatic carbocycles. The minimum absolute atomic E-state index is 0.288. The van der Waals surface area contributed by atoms with Gasteiger partial charge in [0.15, 0.2) is 0 Å². The first-order valence-electron chi connectivity index (χ1n) is 6.15. The van der Waals surface area contributed by atoms with Crippen molar-refractivity contribution in [1.29, 1.82) is 0 Å². The lowest BCUT2D eigenvalue weighted by atomic mass is 9.97. The molecule has 1 aromatic heterocycles. The maximum atomic E-state index is 3.57. The van der Waals surface area contributed by atoms with Crippen molar-refractivity contribution in [3.05, 3.63) is 55.7 Å². The zero-order valence-electron chi connectivity index (χ0n) is 11.0. The Kier molecular flexibility index (Phi) is 4.60. The largest absolute Gasteiger partial charge is 0.307 e. The molecule has 0 fully saturated rings. The van der Waals surface area contributed by atoms with E-state index in [-0.39, 0.29) is 6.04 Å². The van der Waals surface area contributed by atoms with E-state index in [0.717, 1.165) is 6.54 Å². The number of hydrogen-bond acceptors (Lipinski definition) is 2. The van der Waals surface area contributed by atoms with Crippen molar-refractivity contribution < 1.29 is 0 Å². The Labute approximate surface area is 121 Å². The van der Waals surface area contributed by atoms with Crippen molar-refractivity contribution >= 4 is 27.3 Å². The molecule has 1 unspecified atom stereocenters. The minimum Gasteiger partial charge on any atom is -0.307 e.